The Hall–Kier alpha value is -4.19. The van der Waals surface area contributed by atoms with Crippen molar-refractivity contribution in [3.05, 3.63) is 65.5 Å². The molecule has 2 fully saturated rings. The Kier molecular flexibility index (Phi) is 16.3. The van der Waals surface area contributed by atoms with Gasteiger partial charge in [0.05, 0.1) is 19.1 Å². The van der Waals surface area contributed by atoms with Crippen LogP contribution in [0, 0.1) is 17.7 Å². The number of nitrogens with zero attached hydrogens (tertiary/aromatic N) is 3. The summed E-state index contributed by atoms with van der Waals surface area (Å²) in [6, 6.07) is 14.5. The van der Waals surface area contributed by atoms with Crippen LogP contribution in [-0.2, 0) is 32.1 Å². The number of likely N-dealkylation sites (tertiary alicyclic amines) is 1. The number of amides is 2. The van der Waals surface area contributed by atoms with Gasteiger partial charge in [0, 0.05) is 32.2 Å². The Morgan fingerprint density at radius 1 is 0.938 bits per heavy atom. The van der Waals surface area contributed by atoms with Crippen molar-refractivity contribution < 1.29 is 43.3 Å². The van der Waals surface area contributed by atoms with E-state index >= 15 is 0 Å². The maximum absolute atomic E-state index is 13.7. The van der Waals surface area contributed by atoms with Crippen LogP contribution >= 0.6 is 0 Å². The van der Waals surface area contributed by atoms with Crippen LogP contribution in [0.4, 0.5) is 9.18 Å². The van der Waals surface area contributed by atoms with Crippen molar-refractivity contribution in [3.63, 3.8) is 0 Å². The minimum atomic E-state index is -1.82. The number of rotatable bonds is 13. The van der Waals surface area contributed by atoms with Gasteiger partial charge in [-0.2, -0.15) is 0 Å². The molecule has 0 aromatic heterocycles. The molecule has 2 heterocycles. The smallest absolute Gasteiger partial charge is 0.414 e. The number of aliphatic carboxylic acids is 2. The van der Waals surface area contributed by atoms with Crippen molar-refractivity contribution >= 4 is 23.9 Å². The molecule has 2 N–H and O–H groups in total. The van der Waals surface area contributed by atoms with Crippen molar-refractivity contribution in [2.45, 2.75) is 79.4 Å². The fourth-order valence-corrected chi connectivity index (χ4v) is 5.64. The Morgan fingerprint density at radius 2 is 1.52 bits per heavy atom. The van der Waals surface area contributed by atoms with E-state index in [1.807, 2.05) is 34.1 Å². The minimum Gasteiger partial charge on any atom is -0.493 e. The molecule has 12 heteroatoms. The molecular formula is C36H52FN3O8. The zero-order valence-electron chi connectivity index (χ0n) is 27.8. The third-order valence-corrected chi connectivity index (χ3v) is 8.28. The molecule has 4 rings (SSSR count). The number of ether oxygens (including phenoxy) is 2. The van der Waals surface area contributed by atoms with Crippen molar-refractivity contribution in [3.8, 4) is 5.75 Å². The monoisotopic (exact) mass is 673 g/mol. The maximum atomic E-state index is 13.7. The highest BCUT2D eigenvalue weighted by Crippen LogP contribution is 2.23. The number of hydrogen-bond donors (Lipinski definition) is 2. The summed E-state index contributed by atoms with van der Waals surface area (Å²) < 4.78 is 24.6. The van der Waals surface area contributed by atoms with E-state index in [1.165, 1.54) is 12.1 Å². The lowest BCUT2D eigenvalue weighted by Gasteiger charge is -2.39. The van der Waals surface area contributed by atoms with E-state index in [2.05, 4.69) is 32.6 Å². The first-order valence-electron chi connectivity index (χ1n) is 16.2. The van der Waals surface area contributed by atoms with Gasteiger partial charge in [-0.15, -0.1) is 0 Å². The van der Waals surface area contributed by atoms with Gasteiger partial charge in [-0.05, 0) is 73.0 Å². The second kappa shape index (κ2) is 19.6. The van der Waals surface area contributed by atoms with E-state index in [-0.39, 0.29) is 37.3 Å². The average molecular weight is 674 g/mol. The molecule has 0 aliphatic carbocycles. The number of carboxylic acids is 2. The van der Waals surface area contributed by atoms with E-state index in [0.717, 1.165) is 55.8 Å². The van der Waals surface area contributed by atoms with Crippen LogP contribution in [0.2, 0.25) is 0 Å². The van der Waals surface area contributed by atoms with Crippen LogP contribution in [0.15, 0.2) is 48.5 Å². The third kappa shape index (κ3) is 12.8. The first kappa shape index (κ1) is 40.0. The Labute approximate surface area is 283 Å². The van der Waals surface area contributed by atoms with Gasteiger partial charge >= 0.3 is 18.0 Å². The quantitative estimate of drug-likeness (QED) is 0.262. The number of hydrogen-bond acceptors (Lipinski definition) is 7. The Morgan fingerprint density at radius 3 is 2.06 bits per heavy atom. The number of cyclic esters (lactones) is 1. The molecule has 0 radical (unpaired) electrons. The summed E-state index contributed by atoms with van der Waals surface area (Å²) >= 11 is 0. The van der Waals surface area contributed by atoms with Gasteiger partial charge in [0.25, 0.3) is 0 Å². The fraction of sp³-hybridized carbons (Fsp3) is 0.556. The molecule has 0 spiro atoms. The summed E-state index contributed by atoms with van der Waals surface area (Å²) in [5, 5.41) is 14.8. The Bertz CT molecular complexity index is 1300. The second-order valence-corrected chi connectivity index (χ2v) is 12.8. The number of halogens is 1. The number of piperidine rings is 1. The molecule has 2 amide bonds. The van der Waals surface area contributed by atoms with E-state index in [0.29, 0.717) is 44.6 Å². The molecule has 266 valence electrons. The molecule has 2 saturated heterocycles. The van der Waals surface area contributed by atoms with E-state index in [9.17, 15) is 14.0 Å². The zero-order valence-corrected chi connectivity index (χ0v) is 27.8. The van der Waals surface area contributed by atoms with E-state index in [1.54, 1.807) is 12.1 Å². The number of carbonyl (C=O) groups excluding carboxylic acids is 2. The van der Waals surface area contributed by atoms with Gasteiger partial charge in [-0.3, -0.25) is 4.79 Å². The molecular weight excluding hydrogens is 621 g/mol. The van der Waals surface area contributed by atoms with Gasteiger partial charge in [0.2, 0.25) is 5.91 Å². The molecule has 11 nitrogen and oxygen atoms in total. The van der Waals surface area contributed by atoms with Crippen molar-refractivity contribution in [2.24, 2.45) is 11.8 Å². The number of benzene rings is 2. The average Bonchev–Trinajstić information content (AvgIpc) is 3.41. The van der Waals surface area contributed by atoms with Crippen LogP contribution < -0.4 is 4.74 Å². The summed E-state index contributed by atoms with van der Waals surface area (Å²) in [5.74, 6) is -2.21. The molecule has 0 unspecified atom stereocenters. The van der Waals surface area contributed by atoms with Gasteiger partial charge in [0.15, 0.2) is 0 Å². The molecule has 2 aliphatic rings. The zero-order chi connectivity index (χ0) is 34.5. The van der Waals surface area contributed by atoms with E-state index < -0.39 is 11.9 Å². The largest absolute Gasteiger partial charge is 0.493 e. The molecule has 2 aromatic rings. The second-order valence-electron chi connectivity index (χ2n) is 12.8. The molecule has 1 atom stereocenters. The summed E-state index contributed by atoms with van der Waals surface area (Å²) in [6.45, 7) is 13.5. The molecule has 48 heavy (non-hydrogen) atoms. The van der Waals surface area contributed by atoms with Crippen LogP contribution in [0.5, 0.6) is 5.75 Å². The van der Waals surface area contributed by atoms with Crippen molar-refractivity contribution in [1.82, 2.24) is 14.7 Å². The van der Waals surface area contributed by atoms with E-state index in [4.69, 9.17) is 29.3 Å². The van der Waals surface area contributed by atoms with Gasteiger partial charge in [0.1, 0.15) is 18.2 Å². The number of carboxylic acid groups (broad SMARTS) is 2. The first-order chi connectivity index (χ1) is 22.3. The highest BCUT2D eigenvalue weighted by Gasteiger charge is 2.34. The van der Waals surface area contributed by atoms with Crippen molar-refractivity contribution in [2.75, 3.05) is 39.4 Å². The molecule has 0 bridgehead atoms. The minimum absolute atomic E-state index is 0. The lowest BCUT2D eigenvalue weighted by Crippen LogP contribution is -2.48. The molecule has 2 aliphatic heterocycles. The van der Waals surface area contributed by atoms with Crippen LogP contribution in [0.3, 0.4) is 0 Å². The highest BCUT2D eigenvalue weighted by molar-refractivity contribution is 6.27. The summed E-state index contributed by atoms with van der Waals surface area (Å²) in [4.78, 5) is 50.3. The fourth-order valence-electron chi connectivity index (χ4n) is 5.64. The predicted octanol–water partition coefficient (Wildman–Crippen LogP) is 5.55. The van der Waals surface area contributed by atoms with Crippen LogP contribution in [0.1, 0.15) is 65.5 Å². The Balaban J connectivity index is 0.00000105. The van der Waals surface area contributed by atoms with Crippen LogP contribution in [-0.4, -0.2) is 100 Å². The molecule has 2 aromatic carbocycles. The van der Waals surface area contributed by atoms with Gasteiger partial charge < -0.3 is 34.4 Å². The van der Waals surface area contributed by atoms with Gasteiger partial charge in [-0.25, -0.2) is 18.8 Å². The first-order valence-corrected chi connectivity index (χ1v) is 16.2. The summed E-state index contributed by atoms with van der Waals surface area (Å²) in [7, 11) is 0. The SMILES string of the molecule is C.CC(C)COc1ccc(CC(=O)N(Cc2ccc(F)cc2)C2CCN(CCCN3C(=O)OC[C@@H]3C(C)C)CC2)cc1.O=C(O)C(=O)O. The summed E-state index contributed by atoms with van der Waals surface area (Å²) in [5.41, 5.74) is 1.88. The highest BCUT2D eigenvalue weighted by atomic mass is 19.1. The normalized spacial score (nSPS) is 16.5. The van der Waals surface area contributed by atoms with Crippen molar-refractivity contribution in [1.29, 1.82) is 0 Å². The number of carbonyl (C=O) groups is 4. The lowest BCUT2D eigenvalue weighted by atomic mass is 10.00. The predicted molar refractivity (Wildman–Crippen MR) is 180 cm³/mol. The topological polar surface area (TPSA) is 137 Å². The summed E-state index contributed by atoms with van der Waals surface area (Å²) in [6.07, 6.45) is 2.78. The lowest BCUT2D eigenvalue weighted by molar-refractivity contribution is -0.159. The van der Waals surface area contributed by atoms with Crippen LogP contribution in [0.25, 0.3) is 0 Å². The van der Waals surface area contributed by atoms with Gasteiger partial charge in [-0.1, -0.05) is 59.4 Å². The molecule has 0 saturated carbocycles. The maximum Gasteiger partial charge on any atom is 0.414 e. The standard InChI is InChI=1S/C33H46FN3O4.C2H2O4.CH4/c1-24(2)22-40-30-12-8-26(9-13-30)20-32(38)37(21-27-6-10-28(34)11-7-27)29-14-18-35(19-15-29)16-5-17-36-31(25(3)4)23-41-33(36)39;3-1(4)2(5)6;/h6-13,24-25,29,31H,5,14-23H2,1-4H3;(H,3,4)(H,5,6);1H4/t31-;;/m1../s1. The third-order valence-electron chi connectivity index (χ3n) is 8.28.